The van der Waals surface area contributed by atoms with Crippen LogP contribution in [0, 0.1) is 0 Å². The van der Waals surface area contributed by atoms with E-state index in [1.165, 1.54) is 12.8 Å². The first-order valence-corrected chi connectivity index (χ1v) is 6.12. The lowest BCUT2D eigenvalue weighted by molar-refractivity contribution is 0.371. The number of rotatable bonds is 4. The number of aromatic nitrogens is 2. The van der Waals surface area contributed by atoms with E-state index in [1.807, 2.05) is 6.07 Å². The fraction of sp³-hybridized carbons (Fsp3) is 0.636. The minimum Gasteiger partial charge on any atom is -0.368 e. The first-order chi connectivity index (χ1) is 8.60. The predicted octanol–water partition coefficient (Wildman–Crippen LogP) is -0.125. The summed E-state index contributed by atoms with van der Waals surface area (Å²) in [5.74, 6) is 7.02. The molecule has 1 aromatic rings. The van der Waals surface area contributed by atoms with Crippen molar-refractivity contribution in [1.82, 2.24) is 14.9 Å². The molecule has 2 heterocycles. The number of hydrazine groups is 1. The van der Waals surface area contributed by atoms with Gasteiger partial charge in [-0.25, -0.2) is 5.84 Å². The van der Waals surface area contributed by atoms with E-state index >= 15 is 0 Å². The lowest BCUT2D eigenvalue weighted by Crippen LogP contribution is -2.38. The average Bonchev–Trinajstić information content (AvgIpc) is 2.75. The fourth-order valence-corrected chi connectivity index (χ4v) is 2.42. The van der Waals surface area contributed by atoms with E-state index in [0.29, 0.717) is 11.9 Å². The van der Waals surface area contributed by atoms with Crippen LogP contribution in [0.1, 0.15) is 12.8 Å². The van der Waals surface area contributed by atoms with Crippen LogP contribution in [-0.4, -0.2) is 48.1 Å². The second-order valence-electron chi connectivity index (χ2n) is 4.87. The maximum absolute atomic E-state index is 5.69. The summed E-state index contributed by atoms with van der Waals surface area (Å²) in [6, 6.07) is 2.31. The minimum absolute atomic E-state index is 0.246. The number of nitrogens with one attached hydrogen (secondary N) is 1. The Kier molecular flexibility index (Phi) is 3.83. The average molecular weight is 251 g/mol. The van der Waals surface area contributed by atoms with Gasteiger partial charge in [0, 0.05) is 25.2 Å². The van der Waals surface area contributed by atoms with Gasteiger partial charge in [0.1, 0.15) is 11.6 Å². The zero-order valence-electron chi connectivity index (χ0n) is 10.9. The van der Waals surface area contributed by atoms with Crippen LogP contribution in [0.3, 0.4) is 0 Å². The van der Waals surface area contributed by atoms with Gasteiger partial charge in [-0.2, -0.15) is 9.97 Å². The van der Waals surface area contributed by atoms with Crippen molar-refractivity contribution in [2.24, 2.45) is 5.84 Å². The van der Waals surface area contributed by atoms with Crippen molar-refractivity contribution >= 4 is 17.6 Å². The van der Waals surface area contributed by atoms with Crippen molar-refractivity contribution in [3.8, 4) is 0 Å². The molecule has 1 fully saturated rings. The first kappa shape index (κ1) is 12.8. The van der Waals surface area contributed by atoms with E-state index in [1.54, 1.807) is 0 Å². The summed E-state index contributed by atoms with van der Waals surface area (Å²) < 4.78 is 0. The van der Waals surface area contributed by atoms with Crippen LogP contribution in [-0.2, 0) is 0 Å². The molecule has 18 heavy (non-hydrogen) atoms. The number of hydrogen-bond donors (Lipinski definition) is 3. The monoisotopic (exact) mass is 251 g/mol. The number of hydrogen-bond acceptors (Lipinski definition) is 7. The molecule has 1 aromatic heterocycles. The minimum atomic E-state index is 0.246. The molecule has 0 radical (unpaired) electrons. The summed E-state index contributed by atoms with van der Waals surface area (Å²) >= 11 is 0. The van der Waals surface area contributed by atoms with Gasteiger partial charge in [0.2, 0.25) is 5.95 Å². The highest BCUT2D eigenvalue weighted by atomic mass is 15.3. The molecular formula is C11H21N7. The number of anilines is 3. The Hall–Kier alpha value is -1.60. The standard InChI is InChI=1S/C11H21N7/c1-17(2)7-8-4-3-5-18(8)10-6-9(16-13)14-11(12)15-10/h6,8H,3-5,7,13H2,1-2H3,(H3,12,14,15,16). The van der Waals surface area contributed by atoms with E-state index in [0.717, 1.165) is 18.9 Å². The SMILES string of the molecule is CN(C)CC1CCCN1c1cc(NN)nc(N)n1. The largest absolute Gasteiger partial charge is 0.368 e. The molecule has 0 amide bonds. The molecule has 7 nitrogen and oxygen atoms in total. The molecule has 1 atom stereocenters. The molecule has 0 spiro atoms. The van der Waals surface area contributed by atoms with Crippen LogP contribution in [0.25, 0.3) is 0 Å². The van der Waals surface area contributed by atoms with Crippen LogP contribution in [0.2, 0.25) is 0 Å². The molecule has 1 aliphatic rings. The summed E-state index contributed by atoms with van der Waals surface area (Å²) in [6.45, 7) is 2.01. The highest BCUT2D eigenvalue weighted by molar-refractivity contribution is 5.53. The van der Waals surface area contributed by atoms with Crippen LogP contribution in [0.15, 0.2) is 6.07 Å². The van der Waals surface area contributed by atoms with Crippen molar-refractivity contribution in [2.45, 2.75) is 18.9 Å². The maximum Gasteiger partial charge on any atom is 0.223 e. The lowest BCUT2D eigenvalue weighted by Gasteiger charge is -2.28. The Bertz CT molecular complexity index is 406. The van der Waals surface area contributed by atoms with E-state index in [9.17, 15) is 0 Å². The fourth-order valence-electron chi connectivity index (χ4n) is 2.42. The number of nitrogens with two attached hydrogens (primary N) is 2. The smallest absolute Gasteiger partial charge is 0.223 e. The topological polar surface area (TPSA) is 96.3 Å². The molecule has 100 valence electrons. The summed E-state index contributed by atoms with van der Waals surface area (Å²) in [6.07, 6.45) is 2.35. The van der Waals surface area contributed by atoms with Crippen molar-refractivity contribution in [3.63, 3.8) is 0 Å². The second kappa shape index (κ2) is 5.36. The van der Waals surface area contributed by atoms with Gasteiger partial charge in [0.05, 0.1) is 0 Å². The molecule has 0 bridgehead atoms. The highest BCUT2D eigenvalue weighted by Gasteiger charge is 2.26. The summed E-state index contributed by atoms with van der Waals surface area (Å²) in [5.41, 5.74) is 8.21. The third kappa shape index (κ3) is 2.80. The molecule has 2 rings (SSSR count). The normalized spacial score (nSPS) is 19.6. The Balaban J connectivity index is 2.21. The van der Waals surface area contributed by atoms with Gasteiger partial charge in [-0.15, -0.1) is 0 Å². The maximum atomic E-state index is 5.69. The third-order valence-corrected chi connectivity index (χ3v) is 3.13. The van der Waals surface area contributed by atoms with Crippen LogP contribution in [0.5, 0.6) is 0 Å². The van der Waals surface area contributed by atoms with Crippen LogP contribution < -0.4 is 21.9 Å². The van der Waals surface area contributed by atoms with E-state index in [2.05, 4.69) is 39.3 Å². The Morgan fingerprint density at radius 2 is 2.28 bits per heavy atom. The van der Waals surface area contributed by atoms with Crippen molar-refractivity contribution < 1.29 is 0 Å². The zero-order chi connectivity index (χ0) is 13.1. The van der Waals surface area contributed by atoms with Gasteiger partial charge >= 0.3 is 0 Å². The Morgan fingerprint density at radius 1 is 1.50 bits per heavy atom. The molecule has 5 N–H and O–H groups in total. The molecule has 0 saturated carbocycles. The first-order valence-electron chi connectivity index (χ1n) is 6.12. The lowest BCUT2D eigenvalue weighted by atomic mass is 10.2. The zero-order valence-corrected chi connectivity index (χ0v) is 10.9. The van der Waals surface area contributed by atoms with Crippen molar-refractivity contribution in [3.05, 3.63) is 6.07 Å². The molecule has 0 aromatic carbocycles. The highest BCUT2D eigenvalue weighted by Crippen LogP contribution is 2.26. The second-order valence-corrected chi connectivity index (χ2v) is 4.87. The quantitative estimate of drug-likeness (QED) is 0.507. The van der Waals surface area contributed by atoms with Crippen molar-refractivity contribution in [2.75, 3.05) is 43.2 Å². The van der Waals surface area contributed by atoms with Gasteiger partial charge in [0.15, 0.2) is 0 Å². The number of likely N-dealkylation sites (N-methyl/N-ethyl adjacent to an activating group) is 1. The van der Waals surface area contributed by atoms with Crippen LogP contribution in [0.4, 0.5) is 17.6 Å². The van der Waals surface area contributed by atoms with Gasteiger partial charge in [0.25, 0.3) is 0 Å². The third-order valence-electron chi connectivity index (χ3n) is 3.13. The van der Waals surface area contributed by atoms with Crippen molar-refractivity contribution in [1.29, 1.82) is 0 Å². The van der Waals surface area contributed by atoms with E-state index in [4.69, 9.17) is 11.6 Å². The van der Waals surface area contributed by atoms with Gasteiger partial charge in [-0.1, -0.05) is 0 Å². The molecule has 1 aliphatic heterocycles. The van der Waals surface area contributed by atoms with E-state index < -0.39 is 0 Å². The number of nitrogen functional groups attached to an aromatic ring is 2. The molecule has 1 saturated heterocycles. The van der Waals surface area contributed by atoms with Gasteiger partial charge in [-0.3, -0.25) is 0 Å². The number of nitrogens with zero attached hydrogens (tertiary/aromatic N) is 4. The Labute approximate surface area is 107 Å². The molecular weight excluding hydrogens is 230 g/mol. The summed E-state index contributed by atoms with van der Waals surface area (Å²) in [7, 11) is 4.16. The van der Waals surface area contributed by atoms with E-state index in [-0.39, 0.29) is 5.95 Å². The van der Waals surface area contributed by atoms with Gasteiger partial charge in [-0.05, 0) is 26.9 Å². The summed E-state index contributed by atoms with van der Waals surface area (Å²) in [5, 5.41) is 0. The molecule has 7 heteroatoms. The Morgan fingerprint density at radius 3 is 2.94 bits per heavy atom. The molecule has 0 aliphatic carbocycles. The van der Waals surface area contributed by atoms with Gasteiger partial charge < -0.3 is 21.0 Å². The molecule has 1 unspecified atom stereocenters. The predicted molar refractivity (Wildman–Crippen MR) is 73.2 cm³/mol. The van der Waals surface area contributed by atoms with Crippen LogP contribution >= 0.6 is 0 Å². The summed E-state index contributed by atoms with van der Waals surface area (Å²) in [4.78, 5) is 12.8.